The summed E-state index contributed by atoms with van der Waals surface area (Å²) in [6, 6.07) is -1.11. The van der Waals surface area contributed by atoms with Crippen molar-refractivity contribution in [1.29, 1.82) is 0 Å². The van der Waals surface area contributed by atoms with Gasteiger partial charge in [0.05, 0.1) is 5.54 Å². The minimum Gasteiger partial charge on any atom is -0.479 e. The maximum Gasteiger partial charge on any atom is 0.347 e. The number of hydrogen-bond donors (Lipinski definition) is 4. The van der Waals surface area contributed by atoms with Crippen molar-refractivity contribution < 1.29 is 39.1 Å². The summed E-state index contributed by atoms with van der Waals surface area (Å²) >= 11 is 6.89. The van der Waals surface area contributed by atoms with Crippen LogP contribution in [0.15, 0.2) is 5.16 Å². The van der Waals surface area contributed by atoms with Crippen molar-refractivity contribution in [2.45, 2.75) is 51.5 Å². The number of carbonyl (C=O) groups excluding carboxylic acids is 2. The van der Waals surface area contributed by atoms with E-state index in [0.29, 0.717) is 0 Å². The average Bonchev–Trinajstić information content (AvgIpc) is 3.01. The quantitative estimate of drug-likeness (QED) is 0.215. The summed E-state index contributed by atoms with van der Waals surface area (Å²) in [5.41, 5.74) is 3.83. The van der Waals surface area contributed by atoms with E-state index in [1.165, 1.54) is 13.8 Å². The van der Waals surface area contributed by atoms with Crippen LogP contribution in [0.2, 0.25) is 4.34 Å². The third-order valence-electron chi connectivity index (χ3n) is 4.26. The average molecular weight is 478 g/mol. The lowest BCUT2D eigenvalue weighted by atomic mass is 9.84. The maximum atomic E-state index is 12.9. The van der Waals surface area contributed by atoms with E-state index >= 15 is 0 Å². The lowest BCUT2D eigenvalue weighted by Gasteiger charge is -2.52. The molecule has 0 saturated carbocycles. The summed E-state index contributed by atoms with van der Waals surface area (Å²) in [6.45, 7) is 5.52. The van der Waals surface area contributed by atoms with Crippen LogP contribution >= 0.6 is 22.9 Å². The summed E-state index contributed by atoms with van der Waals surface area (Å²) in [6.07, 6.45) is -2.68. The van der Waals surface area contributed by atoms with Gasteiger partial charge in [0.2, 0.25) is 6.10 Å². The number of nitrogens with zero attached hydrogens (tertiary/aromatic N) is 3. The summed E-state index contributed by atoms with van der Waals surface area (Å²) < 4.78 is -0.00239. The van der Waals surface area contributed by atoms with E-state index in [2.05, 4.69) is 15.5 Å². The predicted octanol–water partition coefficient (Wildman–Crippen LogP) is 0.0828. The number of thiazole rings is 1. The molecule has 170 valence electrons. The second kappa shape index (κ2) is 9.03. The first-order chi connectivity index (χ1) is 14.3. The number of hydroxylamine groups is 2. The smallest absolute Gasteiger partial charge is 0.347 e. The third kappa shape index (κ3) is 5.03. The SMILES string of the molecule is CC(O/N=C(\C(=O)N[C@@H]1C(=O)N(OC(C)C(=O)O)C1(C)C)c1nc(N)sc1Cl)C(=O)O. The fourth-order valence-electron chi connectivity index (χ4n) is 2.42. The van der Waals surface area contributed by atoms with E-state index in [0.717, 1.165) is 16.4 Å². The monoisotopic (exact) mass is 477 g/mol. The molecule has 0 radical (unpaired) electrons. The number of carboxylic acids is 2. The molecule has 2 heterocycles. The van der Waals surface area contributed by atoms with Gasteiger partial charge in [-0.25, -0.2) is 19.6 Å². The van der Waals surface area contributed by atoms with Gasteiger partial charge in [-0.2, -0.15) is 0 Å². The van der Waals surface area contributed by atoms with Crippen molar-refractivity contribution in [1.82, 2.24) is 15.4 Å². The molecule has 0 aromatic carbocycles. The number of halogens is 1. The normalized spacial score (nSPS) is 19.9. The molecule has 3 atom stereocenters. The molecule has 2 amide bonds. The first-order valence-electron chi connectivity index (χ1n) is 8.70. The summed E-state index contributed by atoms with van der Waals surface area (Å²) in [4.78, 5) is 61.1. The molecule has 2 rings (SSSR count). The van der Waals surface area contributed by atoms with Crippen LogP contribution in [0, 0.1) is 0 Å². The molecule has 1 aliphatic rings. The number of nitrogens with one attached hydrogen (secondary N) is 1. The van der Waals surface area contributed by atoms with E-state index in [1.54, 1.807) is 13.8 Å². The van der Waals surface area contributed by atoms with Crippen molar-refractivity contribution in [3.05, 3.63) is 10.0 Å². The zero-order chi connectivity index (χ0) is 23.7. The van der Waals surface area contributed by atoms with Crippen molar-refractivity contribution in [3.63, 3.8) is 0 Å². The molecule has 2 unspecified atom stereocenters. The topological polar surface area (TPSA) is 194 Å². The van der Waals surface area contributed by atoms with Crippen LogP contribution in [-0.4, -0.2) is 73.5 Å². The van der Waals surface area contributed by atoms with E-state index in [4.69, 9.17) is 37.2 Å². The summed E-state index contributed by atoms with van der Waals surface area (Å²) in [7, 11) is 0. The lowest BCUT2D eigenvalue weighted by molar-refractivity contribution is -0.273. The van der Waals surface area contributed by atoms with E-state index < -0.39 is 53.3 Å². The Hall–Kier alpha value is -2.97. The highest BCUT2D eigenvalue weighted by Crippen LogP contribution is 2.33. The zero-order valence-corrected chi connectivity index (χ0v) is 18.4. The Kier molecular flexibility index (Phi) is 7.08. The summed E-state index contributed by atoms with van der Waals surface area (Å²) in [5, 5.41) is 24.8. The molecule has 1 aromatic heterocycles. The number of aliphatic carboxylic acids is 2. The number of rotatable bonds is 9. The number of oxime groups is 1. The number of anilines is 1. The fraction of sp³-hybridized carbons (Fsp3) is 0.500. The largest absolute Gasteiger partial charge is 0.479 e. The molecule has 0 aliphatic carbocycles. The Bertz CT molecular complexity index is 948. The molecular formula is C16H20ClN5O8S. The number of carbonyl (C=O) groups is 4. The van der Waals surface area contributed by atoms with Gasteiger partial charge in [0.25, 0.3) is 11.8 Å². The van der Waals surface area contributed by atoms with Crippen LogP contribution in [0.25, 0.3) is 0 Å². The molecule has 0 spiro atoms. The van der Waals surface area contributed by atoms with Crippen LogP contribution in [0.1, 0.15) is 33.4 Å². The van der Waals surface area contributed by atoms with Gasteiger partial charge in [-0.05, 0) is 27.7 Å². The fourth-order valence-corrected chi connectivity index (χ4v) is 3.34. The Labute approximate surface area is 184 Å². The van der Waals surface area contributed by atoms with E-state index in [1.807, 2.05) is 0 Å². The Balaban J connectivity index is 2.25. The van der Waals surface area contributed by atoms with Gasteiger partial charge in [-0.3, -0.25) is 14.4 Å². The minimum absolute atomic E-state index is 0.00239. The molecule has 1 fully saturated rings. The van der Waals surface area contributed by atoms with Gasteiger partial charge in [0.1, 0.15) is 16.1 Å². The molecule has 15 heteroatoms. The number of amides is 2. The number of nitrogens with two attached hydrogens (primary N) is 1. The Morgan fingerprint density at radius 2 is 1.87 bits per heavy atom. The van der Waals surface area contributed by atoms with E-state index in [9.17, 15) is 19.2 Å². The van der Waals surface area contributed by atoms with Gasteiger partial charge >= 0.3 is 11.9 Å². The second-order valence-corrected chi connectivity index (χ2v) is 8.61. The molecule has 13 nitrogen and oxygen atoms in total. The molecule has 31 heavy (non-hydrogen) atoms. The van der Waals surface area contributed by atoms with Crippen molar-refractivity contribution in [3.8, 4) is 0 Å². The minimum atomic E-state index is -1.39. The van der Waals surface area contributed by atoms with Gasteiger partial charge in [-0.15, -0.1) is 0 Å². The van der Waals surface area contributed by atoms with Crippen LogP contribution < -0.4 is 11.1 Å². The van der Waals surface area contributed by atoms with Crippen LogP contribution in [0.4, 0.5) is 5.13 Å². The lowest BCUT2D eigenvalue weighted by Crippen LogP contribution is -2.77. The number of carboxylic acid groups (broad SMARTS) is 2. The second-order valence-electron chi connectivity index (χ2n) is 6.98. The third-order valence-corrected chi connectivity index (χ3v) is 5.34. The number of nitrogen functional groups attached to an aromatic ring is 1. The first kappa shape index (κ1) is 24.3. The Morgan fingerprint density at radius 1 is 1.29 bits per heavy atom. The summed E-state index contributed by atoms with van der Waals surface area (Å²) in [5.74, 6) is -4.24. The molecule has 5 N–H and O–H groups in total. The van der Waals surface area contributed by atoms with Gasteiger partial charge in [-0.1, -0.05) is 28.1 Å². The highest BCUT2D eigenvalue weighted by atomic mass is 35.5. The van der Waals surface area contributed by atoms with Crippen LogP contribution in [0.3, 0.4) is 0 Å². The van der Waals surface area contributed by atoms with Crippen LogP contribution in [0.5, 0.6) is 0 Å². The predicted molar refractivity (Wildman–Crippen MR) is 107 cm³/mol. The molecule has 1 aromatic rings. The highest BCUT2D eigenvalue weighted by Gasteiger charge is 2.57. The molecule has 0 bridgehead atoms. The first-order valence-corrected chi connectivity index (χ1v) is 9.90. The zero-order valence-electron chi connectivity index (χ0n) is 16.8. The molecule has 1 saturated heterocycles. The van der Waals surface area contributed by atoms with Crippen molar-refractivity contribution in [2.24, 2.45) is 5.16 Å². The standard InChI is InChI=1S/C16H20ClN5O8S/c1-5(13(25)26)29-21-8(7-10(17)31-15(18)19-7)11(23)20-9-12(24)22(16(9,3)4)30-6(2)14(27)28/h5-6,9H,1-4H3,(H2,18,19)(H,20,23)(H,25,26)(H,27,28)/b21-8-/t5?,6?,9-/m1/s1. The maximum absolute atomic E-state index is 12.9. The van der Waals surface area contributed by atoms with Gasteiger partial charge in [0.15, 0.2) is 16.9 Å². The molecular weight excluding hydrogens is 458 g/mol. The van der Waals surface area contributed by atoms with Gasteiger partial charge in [0, 0.05) is 0 Å². The number of β-lactam (4-membered cyclic amide) rings is 1. The van der Waals surface area contributed by atoms with Gasteiger partial charge < -0.3 is 26.1 Å². The highest BCUT2D eigenvalue weighted by molar-refractivity contribution is 7.19. The Morgan fingerprint density at radius 3 is 2.32 bits per heavy atom. The number of hydrogen-bond acceptors (Lipinski definition) is 10. The van der Waals surface area contributed by atoms with Crippen molar-refractivity contribution in [2.75, 3.05) is 5.73 Å². The number of aromatic nitrogens is 1. The van der Waals surface area contributed by atoms with E-state index in [-0.39, 0.29) is 15.2 Å². The van der Waals surface area contributed by atoms with Crippen LogP contribution in [-0.2, 0) is 28.9 Å². The molecule has 1 aliphatic heterocycles. The van der Waals surface area contributed by atoms with Crippen molar-refractivity contribution >= 4 is 57.5 Å².